The normalized spacial score (nSPS) is 15.8. The van der Waals surface area contributed by atoms with Crippen molar-refractivity contribution in [2.45, 2.75) is 12.8 Å². The molecule has 0 atom stereocenters. The Morgan fingerprint density at radius 3 is 2.30 bits per heavy atom. The molecule has 0 N–H and O–H groups in total. The van der Waals surface area contributed by atoms with Crippen LogP contribution in [0.25, 0.3) is 6.08 Å². The number of ketones is 1. The molecule has 3 rings (SSSR count). The molecule has 1 heterocycles. The van der Waals surface area contributed by atoms with Crippen molar-refractivity contribution < 1.29 is 4.79 Å². The third-order valence-electron chi connectivity index (χ3n) is 4.13. The van der Waals surface area contributed by atoms with Crippen LogP contribution in [-0.2, 0) is 0 Å². The molecule has 0 unspecified atom stereocenters. The smallest absolute Gasteiger partial charge is 0.190 e. The molecule has 2 aromatic carbocycles. The van der Waals surface area contributed by atoms with Crippen molar-refractivity contribution in [3.63, 3.8) is 0 Å². The fourth-order valence-corrected chi connectivity index (χ4v) is 3.03. The number of carbonyl (C=O) groups excluding carboxylic acids is 1. The third kappa shape index (κ3) is 4.31. The summed E-state index contributed by atoms with van der Waals surface area (Å²) in [5.41, 5.74) is 2.58. The molecule has 2 nitrogen and oxygen atoms in total. The van der Waals surface area contributed by atoms with Crippen LogP contribution in [0, 0.1) is 0 Å². The Kier molecular flexibility index (Phi) is 5.27. The van der Waals surface area contributed by atoms with E-state index in [4.69, 9.17) is 11.6 Å². The predicted octanol–water partition coefficient (Wildman–Crippen LogP) is 4.70. The summed E-state index contributed by atoms with van der Waals surface area (Å²) in [5, 5.41) is 0.706. The van der Waals surface area contributed by atoms with Crippen LogP contribution in [0.3, 0.4) is 0 Å². The summed E-state index contributed by atoms with van der Waals surface area (Å²) >= 11 is 5.95. The van der Waals surface area contributed by atoms with Gasteiger partial charge in [0.05, 0.1) is 0 Å². The highest BCUT2D eigenvalue weighted by atomic mass is 35.5. The highest BCUT2D eigenvalue weighted by Gasteiger charge is 2.18. The van der Waals surface area contributed by atoms with Crippen LogP contribution in [0.4, 0.5) is 0 Å². The lowest BCUT2D eigenvalue weighted by atomic mass is 10.0. The summed E-state index contributed by atoms with van der Waals surface area (Å²) in [5.74, 6) is 0.104. The van der Waals surface area contributed by atoms with Gasteiger partial charge in [-0.15, -0.1) is 0 Å². The van der Waals surface area contributed by atoms with Crippen molar-refractivity contribution in [2.75, 3.05) is 19.6 Å². The van der Waals surface area contributed by atoms with Crippen LogP contribution >= 0.6 is 11.6 Å². The highest BCUT2D eigenvalue weighted by molar-refractivity contribution is 6.30. The quantitative estimate of drug-likeness (QED) is 0.586. The lowest BCUT2D eigenvalue weighted by Crippen LogP contribution is -2.25. The minimum absolute atomic E-state index is 0.104. The van der Waals surface area contributed by atoms with Crippen LogP contribution in [0.1, 0.15) is 28.8 Å². The molecule has 0 radical (unpaired) electrons. The van der Waals surface area contributed by atoms with Crippen molar-refractivity contribution >= 4 is 23.5 Å². The number of likely N-dealkylation sites (tertiary alicyclic amines) is 1. The zero-order valence-corrected chi connectivity index (χ0v) is 13.8. The molecule has 3 heteroatoms. The van der Waals surface area contributed by atoms with Crippen LogP contribution in [0.5, 0.6) is 0 Å². The molecule has 1 aliphatic rings. The Morgan fingerprint density at radius 1 is 1.00 bits per heavy atom. The maximum Gasteiger partial charge on any atom is 0.190 e. The zero-order chi connectivity index (χ0) is 16.1. The summed E-state index contributed by atoms with van der Waals surface area (Å²) in [6.07, 6.45) is 4.42. The molecular formula is C20H20ClNO. The third-order valence-corrected chi connectivity index (χ3v) is 4.38. The Hall–Kier alpha value is -1.90. The highest BCUT2D eigenvalue weighted by Crippen LogP contribution is 2.18. The van der Waals surface area contributed by atoms with E-state index < -0.39 is 0 Å². The topological polar surface area (TPSA) is 20.3 Å². The first kappa shape index (κ1) is 16.0. The fourth-order valence-electron chi connectivity index (χ4n) is 2.90. The SMILES string of the molecule is O=C(/C(=C/c1ccc(Cl)cc1)CN1CCCC1)c1ccccc1. The number of hydrogen-bond acceptors (Lipinski definition) is 2. The molecule has 0 aromatic heterocycles. The molecule has 0 amide bonds. The number of hydrogen-bond donors (Lipinski definition) is 0. The van der Waals surface area contributed by atoms with E-state index in [-0.39, 0.29) is 5.78 Å². The zero-order valence-electron chi connectivity index (χ0n) is 13.0. The average molecular weight is 326 g/mol. The monoisotopic (exact) mass is 325 g/mol. The van der Waals surface area contributed by atoms with Gasteiger partial charge in [0, 0.05) is 22.7 Å². The minimum atomic E-state index is 0.104. The van der Waals surface area contributed by atoms with E-state index in [9.17, 15) is 4.79 Å². The first-order valence-corrected chi connectivity index (χ1v) is 8.38. The fraction of sp³-hybridized carbons (Fsp3) is 0.250. The first-order chi connectivity index (χ1) is 11.2. The van der Waals surface area contributed by atoms with Gasteiger partial charge < -0.3 is 0 Å². The standard InChI is InChI=1S/C20H20ClNO/c21-19-10-8-16(9-11-19)14-18(15-22-12-4-5-13-22)20(23)17-6-2-1-3-7-17/h1-3,6-11,14H,4-5,12-13,15H2/b18-14+. The van der Waals surface area contributed by atoms with Crippen LogP contribution < -0.4 is 0 Å². The van der Waals surface area contributed by atoms with Crippen molar-refractivity contribution in [1.82, 2.24) is 4.90 Å². The largest absolute Gasteiger partial charge is 0.299 e. The molecule has 0 saturated carbocycles. The molecule has 1 aliphatic heterocycles. The van der Waals surface area contributed by atoms with Crippen LogP contribution in [0.15, 0.2) is 60.2 Å². The molecule has 2 aromatic rings. The van der Waals surface area contributed by atoms with E-state index in [2.05, 4.69) is 4.90 Å². The first-order valence-electron chi connectivity index (χ1n) is 8.00. The van der Waals surface area contributed by atoms with Gasteiger partial charge in [-0.05, 0) is 49.7 Å². The number of Topliss-reactive ketones (excluding diaryl/α,β-unsaturated/α-hetero) is 1. The van der Waals surface area contributed by atoms with Crippen molar-refractivity contribution in [3.8, 4) is 0 Å². The lowest BCUT2D eigenvalue weighted by molar-refractivity contribution is 0.102. The Morgan fingerprint density at radius 2 is 1.65 bits per heavy atom. The van der Waals surface area contributed by atoms with E-state index in [0.717, 1.165) is 29.8 Å². The second-order valence-corrected chi connectivity index (χ2v) is 6.34. The predicted molar refractivity (Wildman–Crippen MR) is 95.9 cm³/mol. The maximum atomic E-state index is 12.9. The van der Waals surface area contributed by atoms with Gasteiger partial charge in [-0.1, -0.05) is 54.1 Å². The number of halogens is 1. The lowest BCUT2D eigenvalue weighted by Gasteiger charge is -2.17. The number of carbonyl (C=O) groups is 1. The Bertz CT molecular complexity index is 685. The summed E-state index contributed by atoms with van der Waals surface area (Å²) in [7, 11) is 0. The van der Waals surface area contributed by atoms with Crippen molar-refractivity contribution in [1.29, 1.82) is 0 Å². The molecule has 0 bridgehead atoms. The summed E-state index contributed by atoms with van der Waals surface area (Å²) in [6, 6.07) is 17.1. The summed E-state index contributed by atoms with van der Waals surface area (Å²) < 4.78 is 0. The van der Waals surface area contributed by atoms with Gasteiger partial charge in [0.1, 0.15) is 0 Å². The Labute approximate surface area is 142 Å². The summed E-state index contributed by atoms with van der Waals surface area (Å²) in [4.78, 5) is 15.2. The van der Waals surface area contributed by atoms with Gasteiger partial charge in [-0.2, -0.15) is 0 Å². The average Bonchev–Trinajstić information content (AvgIpc) is 3.09. The van der Waals surface area contributed by atoms with Gasteiger partial charge in [0.25, 0.3) is 0 Å². The number of benzene rings is 2. The van der Waals surface area contributed by atoms with Gasteiger partial charge in [0.15, 0.2) is 5.78 Å². The molecular weight excluding hydrogens is 306 g/mol. The molecule has 1 saturated heterocycles. The van der Waals surface area contributed by atoms with Gasteiger partial charge >= 0.3 is 0 Å². The maximum absolute atomic E-state index is 12.9. The van der Waals surface area contributed by atoms with E-state index >= 15 is 0 Å². The minimum Gasteiger partial charge on any atom is -0.299 e. The van der Waals surface area contributed by atoms with E-state index in [1.54, 1.807) is 0 Å². The van der Waals surface area contributed by atoms with Crippen LogP contribution in [-0.4, -0.2) is 30.3 Å². The number of nitrogens with zero attached hydrogens (tertiary/aromatic N) is 1. The van der Waals surface area contributed by atoms with E-state index in [1.807, 2.05) is 60.7 Å². The second-order valence-electron chi connectivity index (χ2n) is 5.90. The molecule has 118 valence electrons. The second kappa shape index (κ2) is 7.58. The van der Waals surface area contributed by atoms with Crippen molar-refractivity contribution in [2.24, 2.45) is 0 Å². The van der Waals surface area contributed by atoms with Crippen molar-refractivity contribution in [3.05, 3.63) is 76.3 Å². The van der Waals surface area contributed by atoms with Crippen LogP contribution in [0.2, 0.25) is 5.02 Å². The van der Waals surface area contributed by atoms with Gasteiger partial charge in [-0.3, -0.25) is 9.69 Å². The molecule has 23 heavy (non-hydrogen) atoms. The summed E-state index contributed by atoms with van der Waals surface area (Å²) in [6.45, 7) is 2.84. The van der Waals surface area contributed by atoms with E-state index in [0.29, 0.717) is 11.6 Å². The Balaban J connectivity index is 1.89. The van der Waals surface area contributed by atoms with Gasteiger partial charge in [0.2, 0.25) is 0 Å². The molecule has 1 fully saturated rings. The number of rotatable bonds is 5. The van der Waals surface area contributed by atoms with E-state index in [1.165, 1.54) is 12.8 Å². The molecule has 0 aliphatic carbocycles. The van der Waals surface area contributed by atoms with Gasteiger partial charge in [-0.25, -0.2) is 0 Å². The molecule has 0 spiro atoms.